The number of cyclic esters (lactones) is 1. The van der Waals surface area contributed by atoms with Crippen molar-refractivity contribution in [1.29, 1.82) is 0 Å². The Morgan fingerprint density at radius 1 is 1.30 bits per heavy atom. The molecule has 1 aliphatic heterocycles. The average molecular weight is 275 g/mol. The molecule has 4 nitrogen and oxygen atoms in total. The van der Waals surface area contributed by atoms with E-state index in [1.165, 1.54) is 4.90 Å². The molecule has 2 rings (SSSR count). The van der Waals surface area contributed by atoms with Gasteiger partial charge in [0.1, 0.15) is 12.6 Å². The maximum Gasteiger partial charge on any atom is 0.417 e. The van der Waals surface area contributed by atoms with Crippen LogP contribution in [0.15, 0.2) is 30.3 Å². The van der Waals surface area contributed by atoms with E-state index in [0.29, 0.717) is 0 Å². The molecular formula is C16H21NO3. The van der Waals surface area contributed by atoms with Gasteiger partial charge in [-0.25, -0.2) is 9.69 Å². The third-order valence-corrected chi connectivity index (χ3v) is 3.96. The SMILES string of the molecule is C[C@H](C(=O)N1C(=O)OC[C@@H]1c1ccccc1)C(C)(C)C. The van der Waals surface area contributed by atoms with Crippen LogP contribution in [0.2, 0.25) is 0 Å². The van der Waals surface area contributed by atoms with Crippen LogP contribution in [0, 0.1) is 11.3 Å². The van der Waals surface area contributed by atoms with Crippen LogP contribution in [0.25, 0.3) is 0 Å². The van der Waals surface area contributed by atoms with Crippen molar-refractivity contribution < 1.29 is 14.3 Å². The zero-order chi connectivity index (χ0) is 14.9. The lowest BCUT2D eigenvalue weighted by Gasteiger charge is -2.30. The summed E-state index contributed by atoms with van der Waals surface area (Å²) in [6, 6.07) is 9.21. The lowest BCUT2D eigenvalue weighted by atomic mass is 9.81. The van der Waals surface area contributed by atoms with Gasteiger partial charge in [0.15, 0.2) is 0 Å². The molecule has 0 spiro atoms. The summed E-state index contributed by atoms with van der Waals surface area (Å²) >= 11 is 0. The number of imide groups is 1. The van der Waals surface area contributed by atoms with Crippen LogP contribution in [0.5, 0.6) is 0 Å². The summed E-state index contributed by atoms with van der Waals surface area (Å²) in [7, 11) is 0. The van der Waals surface area contributed by atoms with E-state index >= 15 is 0 Å². The Morgan fingerprint density at radius 3 is 2.45 bits per heavy atom. The summed E-state index contributed by atoms with van der Waals surface area (Å²) in [4.78, 5) is 25.8. The number of hydrogen-bond donors (Lipinski definition) is 0. The van der Waals surface area contributed by atoms with E-state index in [2.05, 4.69) is 0 Å². The summed E-state index contributed by atoms with van der Waals surface area (Å²) in [5, 5.41) is 0. The normalized spacial score (nSPS) is 20.7. The van der Waals surface area contributed by atoms with Crippen molar-refractivity contribution in [2.24, 2.45) is 11.3 Å². The van der Waals surface area contributed by atoms with Crippen molar-refractivity contribution in [2.45, 2.75) is 33.7 Å². The van der Waals surface area contributed by atoms with Gasteiger partial charge in [0.2, 0.25) is 5.91 Å². The van der Waals surface area contributed by atoms with E-state index in [-0.39, 0.29) is 29.9 Å². The van der Waals surface area contributed by atoms with Gasteiger partial charge < -0.3 is 4.74 Å². The Bertz CT molecular complexity index is 504. The predicted octanol–water partition coefficient (Wildman–Crippen LogP) is 3.39. The van der Waals surface area contributed by atoms with Crippen LogP contribution in [0.3, 0.4) is 0 Å². The molecule has 0 saturated carbocycles. The minimum absolute atomic E-state index is 0.172. The molecule has 2 amide bonds. The lowest BCUT2D eigenvalue weighted by Crippen LogP contribution is -2.41. The molecule has 0 radical (unpaired) electrons. The fourth-order valence-corrected chi connectivity index (χ4v) is 2.16. The first kappa shape index (κ1) is 14.6. The summed E-state index contributed by atoms with van der Waals surface area (Å²) in [6.45, 7) is 8.07. The van der Waals surface area contributed by atoms with Crippen molar-refractivity contribution in [3.63, 3.8) is 0 Å². The second kappa shape index (κ2) is 5.27. The van der Waals surface area contributed by atoms with Gasteiger partial charge >= 0.3 is 6.09 Å². The maximum absolute atomic E-state index is 12.6. The highest BCUT2D eigenvalue weighted by Gasteiger charge is 2.42. The highest BCUT2D eigenvalue weighted by atomic mass is 16.6. The van der Waals surface area contributed by atoms with E-state index in [0.717, 1.165) is 5.56 Å². The Kier molecular flexibility index (Phi) is 3.84. The number of carbonyl (C=O) groups is 2. The van der Waals surface area contributed by atoms with E-state index in [9.17, 15) is 9.59 Å². The molecule has 2 atom stereocenters. The van der Waals surface area contributed by atoms with Crippen LogP contribution in [-0.2, 0) is 9.53 Å². The fraction of sp³-hybridized carbons (Fsp3) is 0.500. The number of nitrogens with zero attached hydrogens (tertiary/aromatic N) is 1. The molecule has 20 heavy (non-hydrogen) atoms. The summed E-state index contributed by atoms with van der Waals surface area (Å²) in [6.07, 6.45) is -0.542. The van der Waals surface area contributed by atoms with E-state index in [1.54, 1.807) is 0 Å². The van der Waals surface area contributed by atoms with Crippen molar-refractivity contribution >= 4 is 12.0 Å². The number of amides is 2. The van der Waals surface area contributed by atoms with Crippen molar-refractivity contribution in [1.82, 2.24) is 4.90 Å². The smallest absolute Gasteiger partial charge is 0.417 e. The minimum atomic E-state index is -0.542. The van der Waals surface area contributed by atoms with Gasteiger partial charge in [-0.3, -0.25) is 4.79 Å². The Balaban J connectivity index is 2.28. The first-order valence-corrected chi connectivity index (χ1v) is 6.87. The molecule has 1 saturated heterocycles. The van der Waals surface area contributed by atoms with Crippen LogP contribution >= 0.6 is 0 Å². The zero-order valence-electron chi connectivity index (χ0n) is 12.4. The number of benzene rings is 1. The van der Waals surface area contributed by atoms with E-state index < -0.39 is 6.09 Å². The van der Waals surface area contributed by atoms with Gasteiger partial charge in [0.25, 0.3) is 0 Å². The highest BCUT2D eigenvalue weighted by Crippen LogP contribution is 2.33. The third-order valence-electron chi connectivity index (χ3n) is 3.96. The van der Waals surface area contributed by atoms with Gasteiger partial charge in [-0.1, -0.05) is 58.0 Å². The van der Waals surface area contributed by atoms with Crippen LogP contribution in [0.1, 0.15) is 39.3 Å². The second-order valence-corrected chi connectivity index (χ2v) is 6.30. The molecule has 108 valence electrons. The molecular weight excluding hydrogens is 254 g/mol. The zero-order valence-corrected chi connectivity index (χ0v) is 12.4. The number of carbonyl (C=O) groups excluding carboxylic acids is 2. The molecule has 1 aromatic rings. The van der Waals surface area contributed by atoms with Gasteiger partial charge in [-0.05, 0) is 11.0 Å². The van der Waals surface area contributed by atoms with Crippen LogP contribution in [-0.4, -0.2) is 23.5 Å². The molecule has 0 bridgehead atoms. The minimum Gasteiger partial charge on any atom is -0.446 e. The molecule has 4 heteroatoms. The molecule has 0 unspecified atom stereocenters. The molecule has 1 fully saturated rings. The van der Waals surface area contributed by atoms with Crippen LogP contribution in [0.4, 0.5) is 4.79 Å². The lowest BCUT2D eigenvalue weighted by molar-refractivity contribution is -0.136. The van der Waals surface area contributed by atoms with Crippen molar-refractivity contribution in [2.75, 3.05) is 6.61 Å². The van der Waals surface area contributed by atoms with Gasteiger partial charge in [-0.15, -0.1) is 0 Å². The first-order valence-electron chi connectivity index (χ1n) is 6.87. The number of hydrogen-bond acceptors (Lipinski definition) is 3. The van der Waals surface area contributed by atoms with E-state index in [4.69, 9.17) is 4.74 Å². The quantitative estimate of drug-likeness (QED) is 0.831. The Labute approximate surface area is 119 Å². The first-order chi connectivity index (χ1) is 9.32. The number of ether oxygens (including phenoxy) is 1. The topological polar surface area (TPSA) is 46.6 Å². The largest absolute Gasteiger partial charge is 0.446 e. The van der Waals surface area contributed by atoms with Gasteiger partial charge in [0.05, 0.1) is 0 Å². The fourth-order valence-electron chi connectivity index (χ4n) is 2.16. The standard InChI is InChI=1S/C16H21NO3/c1-11(16(2,3)4)14(18)17-13(10-20-15(17)19)12-8-6-5-7-9-12/h5-9,11,13H,10H2,1-4H3/t11-,13-/m1/s1. The van der Waals surface area contributed by atoms with Gasteiger partial charge in [0, 0.05) is 5.92 Å². The third kappa shape index (κ3) is 2.69. The molecule has 0 N–H and O–H groups in total. The summed E-state index contributed by atoms with van der Waals surface area (Å²) in [5.41, 5.74) is 0.731. The molecule has 0 aromatic heterocycles. The molecule has 1 heterocycles. The second-order valence-electron chi connectivity index (χ2n) is 6.30. The average Bonchev–Trinajstić information content (AvgIpc) is 2.79. The van der Waals surface area contributed by atoms with Gasteiger partial charge in [-0.2, -0.15) is 0 Å². The Hall–Kier alpha value is -1.84. The molecule has 1 aromatic carbocycles. The van der Waals surface area contributed by atoms with E-state index in [1.807, 2.05) is 58.0 Å². The highest BCUT2D eigenvalue weighted by molar-refractivity contribution is 5.95. The predicted molar refractivity (Wildman–Crippen MR) is 76.0 cm³/mol. The van der Waals surface area contributed by atoms with Crippen molar-refractivity contribution in [3.05, 3.63) is 35.9 Å². The monoisotopic (exact) mass is 275 g/mol. The summed E-state index contributed by atoms with van der Waals surface area (Å²) in [5.74, 6) is -0.423. The van der Waals surface area contributed by atoms with Crippen molar-refractivity contribution in [3.8, 4) is 0 Å². The summed E-state index contributed by atoms with van der Waals surface area (Å²) < 4.78 is 5.08. The Morgan fingerprint density at radius 2 is 1.90 bits per heavy atom. The molecule has 1 aliphatic rings. The number of rotatable bonds is 2. The maximum atomic E-state index is 12.6. The molecule has 0 aliphatic carbocycles. The van der Waals surface area contributed by atoms with Crippen LogP contribution < -0.4 is 0 Å².